The van der Waals surface area contributed by atoms with Crippen LogP contribution >= 0.6 is 11.6 Å². The average Bonchev–Trinajstić information content (AvgIpc) is 3.16. The van der Waals surface area contributed by atoms with Crippen LogP contribution in [0.15, 0.2) is 42.5 Å². The van der Waals surface area contributed by atoms with E-state index in [0.29, 0.717) is 6.54 Å². The second kappa shape index (κ2) is 8.26. The summed E-state index contributed by atoms with van der Waals surface area (Å²) in [5, 5.41) is 10.9. The number of likely N-dealkylation sites (tertiary alicyclic amines) is 1. The van der Waals surface area contributed by atoms with Crippen molar-refractivity contribution in [3.63, 3.8) is 0 Å². The van der Waals surface area contributed by atoms with E-state index in [0.717, 1.165) is 24.2 Å². The summed E-state index contributed by atoms with van der Waals surface area (Å²) in [5.41, 5.74) is 0.924. The summed E-state index contributed by atoms with van der Waals surface area (Å²) in [6.45, 7) is 0.483. The van der Waals surface area contributed by atoms with Crippen LogP contribution in [0.3, 0.4) is 0 Å². The molecule has 0 bridgehead atoms. The Bertz CT molecular complexity index is 840. The molecule has 1 aliphatic rings. The molecule has 0 aromatic heterocycles. The minimum atomic E-state index is -0.537. The predicted molar refractivity (Wildman–Crippen MR) is 100 cm³/mol. The summed E-state index contributed by atoms with van der Waals surface area (Å²) in [5.74, 6) is 0.865. The van der Waals surface area contributed by atoms with Crippen molar-refractivity contribution in [1.29, 1.82) is 0 Å². The first-order valence-corrected chi connectivity index (χ1v) is 8.87. The lowest BCUT2D eigenvalue weighted by atomic mass is 10.0. The van der Waals surface area contributed by atoms with Gasteiger partial charge in [-0.2, -0.15) is 0 Å². The third-order valence-electron chi connectivity index (χ3n) is 4.55. The average molecular weight is 391 g/mol. The second-order valence-corrected chi connectivity index (χ2v) is 6.59. The molecule has 2 aromatic rings. The molecular formula is C19H19ClN2O5. The number of carbonyl (C=O) groups excluding carboxylic acids is 1. The number of methoxy groups -OCH3 is 1. The van der Waals surface area contributed by atoms with E-state index in [1.54, 1.807) is 12.0 Å². The predicted octanol–water partition coefficient (Wildman–Crippen LogP) is 4.00. The van der Waals surface area contributed by atoms with E-state index in [-0.39, 0.29) is 35.0 Å². The number of halogens is 1. The van der Waals surface area contributed by atoms with Gasteiger partial charge in [0.25, 0.3) is 11.6 Å². The first-order chi connectivity index (χ1) is 13.0. The monoisotopic (exact) mass is 390 g/mol. The Morgan fingerprint density at radius 3 is 2.67 bits per heavy atom. The van der Waals surface area contributed by atoms with Crippen LogP contribution in [-0.2, 0) is 4.79 Å². The third-order valence-corrected chi connectivity index (χ3v) is 4.85. The minimum Gasteiger partial charge on any atom is -0.497 e. The van der Waals surface area contributed by atoms with E-state index in [9.17, 15) is 14.9 Å². The smallest absolute Gasteiger partial charge is 0.271 e. The molecule has 1 unspecified atom stereocenters. The first kappa shape index (κ1) is 19.0. The molecular weight excluding hydrogens is 372 g/mol. The van der Waals surface area contributed by atoms with Gasteiger partial charge in [-0.15, -0.1) is 0 Å². The molecule has 7 nitrogen and oxygen atoms in total. The molecule has 0 spiro atoms. The largest absolute Gasteiger partial charge is 0.497 e. The highest BCUT2D eigenvalue weighted by Crippen LogP contribution is 2.33. The zero-order chi connectivity index (χ0) is 19.4. The van der Waals surface area contributed by atoms with E-state index >= 15 is 0 Å². The van der Waals surface area contributed by atoms with Crippen LogP contribution in [0.5, 0.6) is 11.5 Å². The maximum Gasteiger partial charge on any atom is 0.271 e. The number of rotatable bonds is 6. The van der Waals surface area contributed by atoms with Crippen molar-refractivity contribution in [3.05, 3.63) is 63.2 Å². The molecule has 0 radical (unpaired) electrons. The Balaban J connectivity index is 1.65. The zero-order valence-electron chi connectivity index (χ0n) is 14.8. The number of ether oxygens (including phenoxy) is 2. The molecule has 1 atom stereocenters. The van der Waals surface area contributed by atoms with Gasteiger partial charge in [-0.25, -0.2) is 0 Å². The fourth-order valence-corrected chi connectivity index (χ4v) is 3.41. The van der Waals surface area contributed by atoms with E-state index in [2.05, 4.69) is 0 Å². The van der Waals surface area contributed by atoms with Gasteiger partial charge in [0.15, 0.2) is 6.61 Å². The number of hydrogen-bond acceptors (Lipinski definition) is 5. The highest BCUT2D eigenvalue weighted by atomic mass is 35.5. The van der Waals surface area contributed by atoms with Gasteiger partial charge in [0.05, 0.1) is 23.1 Å². The van der Waals surface area contributed by atoms with Gasteiger partial charge < -0.3 is 14.4 Å². The van der Waals surface area contributed by atoms with Crippen molar-refractivity contribution in [2.45, 2.75) is 18.9 Å². The molecule has 0 N–H and O–H groups in total. The molecule has 1 amide bonds. The van der Waals surface area contributed by atoms with Crippen molar-refractivity contribution in [1.82, 2.24) is 4.90 Å². The van der Waals surface area contributed by atoms with Gasteiger partial charge in [0.2, 0.25) is 0 Å². The number of benzene rings is 2. The van der Waals surface area contributed by atoms with Crippen molar-refractivity contribution in [2.24, 2.45) is 0 Å². The van der Waals surface area contributed by atoms with Crippen molar-refractivity contribution < 1.29 is 19.2 Å². The Kier molecular flexibility index (Phi) is 5.81. The lowest BCUT2D eigenvalue weighted by Crippen LogP contribution is -2.34. The zero-order valence-corrected chi connectivity index (χ0v) is 15.5. The SMILES string of the molecule is COc1ccc(C2CCCN2C(=O)COc2ccc([N+](=O)[O-])cc2Cl)cc1. The van der Waals surface area contributed by atoms with Gasteiger partial charge in [-0.3, -0.25) is 14.9 Å². The van der Waals surface area contributed by atoms with E-state index in [4.69, 9.17) is 21.1 Å². The van der Waals surface area contributed by atoms with Gasteiger partial charge in [0.1, 0.15) is 11.5 Å². The number of non-ortho nitro benzene ring substituents is 1. The first-order valence-electron chi connectivity index (χ1n) is 8.49. The van der Waals surface area contributed by atoms with Gasteiger partial charge >= 0.3 is 0 Å². The summed E-state index contributed by atoms with van der Waals surface area (Å²) < 4.78 is 10.7. The fourth-order valence-electron chi connectivity index (χ4n) is 3.18. The maximum atomic E-state index is 12.6. The molecule has 1 saturated heterocycles. The van der Waals surface area contributed by atoms with Crippen LogP contribution in [0.1, 0.15) is 24.4 Å². The van der Waals surface area contributed by atoms with Crippen LogP contribution in [0.4, 0.5) is 5.69 Å². The quantitative estimate of drug-likeness (QED) is 0.550. The van der Waals surface area contributed by atoms with E-state index in [1.165, 1.54) is 18.2 Å². The molecule has 1 heterocycles. The third kappa shape index (κ3) is 4.31. The number of nitro groups is 1. The Labute approximate surface area is 161 Å². The normalized spacial score (nSPS) is 16.2. The van der Waals surface area contributed by atoms with E-state index in [1.807, 2.05) is 24.3 Å². The standard InChI is InChI=1S/C19H19ClN2O5/c1-26-15-7-4-13(5-8-15)17-3-2-10-21(17)19(23)12-27-18-9-6-14(22(24)25)11-16(18)20/h4-9,11,17H,2-3,10,12H2,1H3. The number of carbonyl (C=O) groups is 1. The Morgan fingerprint density at radius 2 is 2.04 bits per heavy atom. The van der Waals surface area contributed by atoms with Crippen molar-refractivity contribution in [3.8, 4) is 11.5 Å². The summed E-state index contributed by atoms with van der Waals surface area (Å²) in [6, 6.07) is 11.6. The van der Waals surface area contributed by atoms with Gasteiger partial charge in [0, 0.05) is 18.7 Å². The van der Waals surface area contributed by atoms with Crippen molar-refractivity contribution >= 4 is 23.2 Å². The molecule has 27 heavy (non-hydrogen) atoms. The molecule has 1 fully saturated rings. The molecule has 0 aliphatic carbocycles. The fraction of sp³-hybridized carbons (Fsp3) is 0.316. The molecule has 2 aromatic carbocycles. The van der Waals surface area contributed by atoms with E-state index < -0.39 is 4.92 Å². The summed E-state index contributed by atoms with van der Waals surface area (Å²) >= 11 is 6.00. The summed E-state index contributed by atoms with van der Waals surface area (Å²) in [7, 11) is 1.61. The lowest BCUT2D eigenvalue weighted by molar-refractivity contribution is -0.384. The van der Waals surface area contributed by atoms with Gasteiger partial charge in [-0.1, -0.05) is 23.7 Å². The molecule has 8 heteroatoms. The van der Waals surface area contributed by atoms with Crippen molar-refractivity contribution in [2.75, 3.05) is 20.3 Å². The minimum absolute atomic E-state index is 0.000612. The van der Waals surface area contributed by atoms with Crippen LogP contribution in [-0.4, -0.2) is 36.0 Å². The number of nitro benzene ring substituents is 1. The molecule has 0 saturated carbocycles. The molecule has 142 valence electrons. The topological polar surface area (TPSA) is 81.9 Å². The second-order valence-electron chi connectivity index (χ2n) is 6.18. The Hall–Kier alpha value is -2.80. The summed E-state index contributed by atoms with van der Waals surface area (Å²) in [4.78, 5) is 24.6. The number of amides is 1. The molecule has 1 aliphatic heterocycles. The lowest BCUT2D eigenvalue weighted by Gasteiger charge is -2.25. The van der Waals surface area contributed by atoms with Crippen LogP contribution < -0.4 is 9.47 Å². The van der Waals surface area contributed by atoms with Crippen LogP contribution in [0.25, 0.3) is 0 Å². The Morgan fingerprint density at radius 1 is 1.30 bits per heavy atom. The highest BCUT2D eigenvalue weighted by Gasteiger charge is 2.30. The van der Waals surface area contributed by atoms with Gasteiger partial charge in [-0.05, 0) is 36.6 Å². The maximum absolute atomic E-state index is 12.6. The van der Waals surface area contributed by atoms with Crippen LogP contribution in [0, 0.1) is 10.1 Å². The summed E-state index contributed by atoms with van der Waals surface area (Å²) in [6.07, 6.45) is 1.80. The molecule has 3 rings (SSSR count). The number of nitrogens with zero attached hydrogens (tertiary/aromatic N) is 2. The highest BCUT2D eigenvalue weighted by molar-refractivity contribution is 6.32. The van der Waals surface area contributed by atoms with Crippen LogP contribution in [0.2, 0.25) is 5.02 Å². The number of hydrogen-bond donors (Lipinski definition) is 0.